The predicted molar refractivity (Wildman–Crippen MR) is 89.1 cm³/mol. The Balaban J connectivity index is 1.93. The number of nitrogens with zero attached hydrogens (tertiary/aromatic N) is 3. The number of ether oxygens (including phenoxy) is 1. The van der Waals surface area contributed by atoms with Crippen LogP contribution in [0.5, 0.6) is 0 Å². The van der Waals surface area contributed by atoms with Crippen molar-refractivity contribution in [3.05, 3.63) is 34.3 Å². The Labute approximate surface area is 140 Å². The molecule has 9 heteroatoms. The summed E-state index contributed by atoms with van der Waals surface area (Å²) in [6.07, 6.45) is 0. The minimum atomic E-state index is -0.326. The molecule has 0 saturated carbocycles. The van der Waals surface area contributed by atoms with Gasteiger partial charge in [0, 0.05) is 4.47 Å². The van der Waals surface area contributed by atoms with Crippen LogP contribution in [0.4, 0.5) is 5.95 Å². The van der Waals surface area contributed by atoms with Gasteiger partial charge in [-0.1, -0.05) is 39.8 Å². The molecule has 0 bridgehead atoms. The third kappa shape index (κ3) is 4.85. The highest BCUT2D eigenvalue weighted by Crippen LogP contribution is 2.14. The van der Waals surface area contributed by atoms with Crippen LogP contribution in [0, 0.1) is 0 Å². The van der Waals surface area contributed by atoms with E-state index < -0.39 is 0 Å². The number of carbonyl (C=O) groups excluding carboxylic acids is 1. The fraction of sp³-hybridized carbons (Fsp3) is 0.231. The second-order valence-corrected chi connectivity index (χ2v) is 6.01. The molecule has 0 aliphatic rings. The first-order valence-corrected chi connectivity index (χ1v) is 8.04. The van der Waals surface area contributed by atoms with Gasteiger partial charge in [0.05, 0.1) is 18.6 Å². The van der Waals surface area contributed by atoms with E-state index in [0.29, 0.717) is 11.1 Å². The first kappa shape index (κ1) is 16.5. The number of anilines is 1. The Bertz CT molecular complexity index is 671. The smallest absolute Gasteiger partial charge is 0.316 e. The quantitative estimate of drug-likeness (QED) is 0.344. The number of thioether (sulfide) groups is 1. The number of aromatic nitrogens is 3. The molecule has 2 aromatic rings. The van der Waals surface area contributed by atoms with Crippen LogP contribution < -0.4 is 5.43 Å². The number of benzene rings is 1. The fourth-order valence-electron chi connectivity index (χ4n) is 1.44. The van der Waals surface area contributed by atoms with Gasteiger partial charge in [0.1, 0.15) is 0 Å². The van der Waals surface area contributed by atoms with Crippen LogP contribution in [-0.4, -0.2) is 39.7 Å². The third-order valence-corrected chi connectivity index (χ3v) is 3.95. The standard InChI is InChI=1S/C13H14BrN5O2S/c1-8(9-3-5-10(14)6-4-9)16-17-12-15-13(19-18-12)22-7-11(20)21-2/h3-6H,7H2,1-2H3,(H2,15,17,18,19)/b16-8+. The van der Waals surface area contributed by atoms with Crippen LogP contribution in [-0.2, 0) is 9.53 Å². The van der Waals surface area contributed by atoms with Gasteiger partial charge >= 0.3 is 5.97 Å². The third-order valence-electron chi connectivity index (χ3n) is 2.60. The molecule has 2 N–H and O–H groups in total. The Hall–Kier alpha value is -1.87. The molecule has 1 aromatic carbocycles. The number of carbonyl (C=O) groups is 1. The maximum atomic E-state index is 11.0. The number of hydrogen-bond donors (Lipinski definition) is 2. The van der Waals surface area contributed by atoms with E-state index in [1.54, 1.807) is 0 Å². The normalized spacial score (nSPS) is 11.3. The van der Waals surface area contributed by atoms with E-state index >= 15 is 0 Å². The number of halogens is 1. The summed E-state index contributed by atoms with van der Waals surface area (Å²) in [6.45, 7) is 1.89. The summed E-state index contributed by atoms with van der Waals surface area (Å²) in [5, 5.41) is 11.4. The predicted octanol–water partition coefficient (Wildman–Crippen LogP) is 2.67. The van der Waals surface area contributed by atoms with Gasteiger partial charge in [-0.25, -0.2) is 10.5 Å². The molecule has 116 valence electrons. The number of nitrogens with one attached hydrogen (secondary N) is 2. The zero-order valence-electron chi connectivity index (χ0n) is 12.0. The SMILES string of the molecule is COC(=O)CSc1n[nH]c(N/N=C(\C)c2ccc(Br)cc2)n1. The van der Waals surface area contributed by atoms with Gasteiger partial charge in [-0.2, -0.15) is 10.1 Å². The molecule has 0 amide bonds. The highest BCUT2D eigenvalue weighted by atomic mass is 79.9. The van der Waals surface area contributed by atoms with Crippen LogP contribution in [0.2, 0.25) is 0 Å². The molecule has 1 heterocycles. The first-order valence-electron chi connectivity index (χ1n) is 6.26. The van der Waals surface area contributed by atoms with E-state index in [4.69, 9.17) is 0 Å². The maximum Gasteiger partial charge on any atom is 0.316 e. The van der Waals surface area contributed by atoms with Crippen molar-refractivity contribution in [1.82, 2.24) is 15.2 Å². The van der Waals surface area contributed by atoms with E-state index in [9.17, 15) is 4.79 Å². The summed E-state index contributed by atoms with van der Waals surface area (Å²) in [4.78, 5) is 15.2. The number of esters is 1. The van der Waals surface area contributed by atoms with Gasteiger partial charge < -0.3 is 4.74 Å². The van der Waals surface area contributed by atoms with Crippen LogP contribution >= 0.6 is 27.7 Å². The van der Waals surface area contributed by atoms with E-state index in [1.807, 2.05) is 31.2 Å². The number of hydrogen-bond acceptors (Lipinski definition) is 7. The number of rotatable bonds is 6. The summed E-state index contributed by atoms with van der Waals surface area (Å²) < 4.78 is 5.56. The zero-order valence-corrected chi connectivity index (χ0v) is 14.4. The average Bonchev–Trinajstić information content (AvgIpc) is 2.99. The molecule has 2 rings (SSSR count). The van der Waals surface area contributed by atoms with Crippen molar-refractivity contribution in [2.45, 2.75) is 12.1 Å². The molecule has 0 atom stereocenters. The molecule has 0 spiro atoms. The molecule has 7 nitrogen and oxygen atoms in total. The Morgan fingerprint density at radius 3 is 2.86 bits per heavy atom. The molecule has 22 heavy (non-hydrogen) atoms. The first-order chi connectivity index (χ1) is 10.6. The molecule has 0 aliphatic heterocycles. The fourth-order valence-corrected chi connectivity index (χ4v) is 2.33. The molecule has 0 saturated heterocycles. The molecular formula is C13H14BrN5O2S. The lowest BCUT2D eigenvalue weighted by molar-refractivity contribution is -0.137. The minimum absolute atomic E-state index is 0.162. The number of methoxy groups -OCH3 is 1. The highest BCUT2D eigenvalue weighted by Gasteiger charge is 2.07. The van der Waals surface area contributed by atoms with Gasteiger partial charge in [-0.15, -0.1) is 5.10 Å². The Kier molecular flexibility index (Phi) is 5.96. The van der Waals surface area contributed by atoms with Gasteiger partial charge in [-0.3, -0.25) is 4.79 Å². The molecule has 0 aliphatic carbocycles. The lowest BCUT2D eigenvalue weighted by Crippen LogP contribution is -2.03. The van der Waals surface area contributed by atoms with Crippen molar-refractivity contribution in [2.75, 3.05) is 18.3 Å². The number of aromatic amines is 1. The largest absolute Gasteiger partial charge is 0.468 e. The number of hydrazone groups is 1. The van der Waals surface area contributed by atoms with Crippen molar-refractivity contribution < 1.29 is 9.53 Å². The van der Waals surface area contributed by atoms with E-state index in [-0.39, 0.29) is 11.7 Å². The molecule has 0 fully saturated rings. The summed E-state index contributed by atoms with van der Waals surface area (Å²) in [5.74, 6) is 0.242. The summed E-state index contributed by atoms with van der Waals surface area (Å²) in [7, 11) is 1.34. The van der Waals surface area contributed by atoms with Gasteiger partial charge in [0.2, 0.25) is 11.1 Å². The van der Waals surface area contributed by atoms with E-state index in [1.165, 1.54) is 18.9 Å². The van der Waals surface area contributed by atoms with Crippen molar-refractivity contribution in [3.8, 4) is 0 Å². The molecule has 0 radical (unpaired) electrons. The lowest BCUT2D eigenvalue weighted by atomic mass is 10.1. The summed E-state index contributed by atoms with van der Waals surface area (Å²) in [6, 6.07) is 7.82. The van der Waals surface area contributed by atoms with Crippen LogP contribution in [0.3, 0.4) is 0 Å². The van der Waals surface area contributed by atoms with Gasteiger partial charge in [0.25, 0.3) is 0 Å². The highest BCUT2D eigenvalue weighted by molar-refractivity contribution is 9.10. The second-order valence-electron chi connectivity index (χ2n) is 4.15. The Morgan fingerprint density at radius 2 is 2.18 bits per heavy atom. The van der Waals surface area contributed by atoms with Gasteiger partial charge in [0.15, 0.2) is 0 Å². The van der Waals surface area contributed by atoms with Crippen LogP contribution in [0.25, 0.3) is 0 Å². The lowest BCUT2D eigenvalue weighted by Gasteiger charge is -2.01. The molecule has 0 unspecified atom stereocenters. The van der Waals surface area contributed by atoms with Crippen LogP contribution in [0.15, 0.2) is 39.0 Å². The topological polar surface area (TPSA) is 92.3 Å². The summed E-state index contributed by atoms with van der Waals surface area (Å²) in [5.41, 5.74) is 4.61. The zero-order chi connectivity index (χ0) is 15.9. The maximum absolute atomic E-state index is 11.0. The van der Waals surface area contributed by atoms with Gasteiger partial charge in [-0.05, 0) is 24.6 Å². The van der Waals surface area contributed by atoms with Crippen LogP contribution in [0.1, 0.15) is 12.5 Å². The average molecular weight is 384 g/mol. The second kappa shape index (κ2) is 7.95. The monoisotopic (exact) mass is 383 g/mol. The minimum Gasteiger partial charge on any atom is -0.468 e. The van der Waals surface area contributed by atoms with Crippen molar-refractivity contribution in [2.24, 2.45) is 5.10 Å². The van der Waals surface area contributed by atoms with E-state index in [2.05, 4.69) is 46.4 Å². The van der Waals surface area contributed by atoms with Crippen molar-refractivity contribution in [3.63, 3.8) is 0 Å². The Morgan fingerprint density at radius 1 is 1.45 bits per heavy atom. The van der Waals surface area contributed by atoms with Crippen molar-refractivity contribution in [1.29, 1.82) is 0 Å². The van der Waals surface area contributed by atoms with Crippen molar-refractivity contribution >= 4 is 45.3 Å². The molecular weight excluding hydrogens is 370 g/mol. The number of H-pyrrole nitrogens is 1. The summed E-state index contributed by atoms with van der Waals surface area (Å²) >= 11 is 4.57. The van der Waals surface area contributed by atoms with E-state index in [0.717, 1.165) is 15.7 Å². The molecule has 1 aromatic heterocycles.